The molecule has 98 valence electrons. The molecule has 0 aliphatic rings. The summed E-state index contributed by atoms with van der Waals surface area (Å²) >= 11 is 1.30. The average molecular weight is 270 g/mol. The van der Waals surface area contributed by atoms with E-state index in [2.05, 4.69) is 0 Å². The molecule has 0 unspecified atom stereocenters. The average Bonchev–Trinajstić information content (AvgIpc) is 2.80. The quantitative estimate of drug-likeness (QED) is 0.838. The Bertz CT molecular complexity index is 444. The first-order chi connectivity index (χ1) is 8.41. The molecule has 0 aromatic carbocycles. The fourth-order valence-corrected chi connectivity index (χ4v) is 1.99. The third kappa shape index (κ3) is 3.85. The molecule has 0 aliphatic carbocycles. The Morgan fingerprint density at radius 2 is 1.89 bits per heavy atom. The SMILES string of the molecule is CN(CC(=O)O)C(=O)CN(C)C(=O)c1cccs1. The predicted molar refractivity (Wildman–Crippen MR) is 66.6 cm³/mol. The Kier molecular flexibility index (Phi) is 4.85. The van der Waals surface area contributed by atoms with E-state index in [4.69, 9.17) is 5.11 Å². The molecule has 1 aromatic heterocycles. The van der Waals surface area contributed by atoms with Crippen LogP contribution in [0.25, 0.3) is 0 Å². The lowest BCUT2D eigenvalue weighted by molar-refractivity contribution is -0.143. The van der Waals surface area contributed by atoms with Crippen molar-refractivity contribution in [3.05, 3.63) is 22.4 Å². The van der Waals surface area contributed by atoms with E-state index < -0.39 is 11.9 Å². The summed E-state index contributed by atoms with van der Waals surface area (Å²) in [5.41, 5.74) is 0. The number of carboxylic acid groups (broad SMARTS) is 1. The molecule has 0 atom stereocenters. The van der Waals surface area contributed by atoms with Crippen LogP contribution in [0.3, 0.4) is 0 Å². The molecule has 0 spiro atoms. The van der Waals surface area contributed by atoms with Crippen molar-refractivity contribution in [2.45, 2.75) is 0 Å². The molecule has 1 N–H and O–H groups in total. The van der Waals surface area contributed by atoms with Gasteiger partial charge in [0.25, 0.3) is 5.91 Å². The highest BCUT2D eigenvalue weighted by atomic mass is 32.1. The first-order valence-corrected chi connectivity index (χ1v) is 6.04. The van der Waals surface area contributed by atoms with Gasteiger partial charge in [0, 0.05) is 14.1 Å². The van der Waals surface area contributed by atoms with E-state index in [9.17, 15) is 14.4 Å². The molecule has 0 aliphatic heterocycles. The smallest absolute Gasteiger partial charge is 0.323 e. The van der Waals surface area contributed by atoms with Crippen molar-refractivity contribution in [1.82, 2.24) is 9.80 Å². The molecule has 0 radical (unpaired) electrons. The van der Waals surface area contributed by atoms with Crippen LogP contribution >= 0.6 is 11.3 Å². The number of thiophene rings is 1. The van der Waals surface area contributed by atoms with Crippen LogP contribution in [0, 0.1) is 0 Å². The van der Waals surface area contributed by atoms with Crippen LogP contribution in [0.2, 0.25) is 0 Å². The molecule has 0 fully saturated rings. The van der Waals surface area contributed by atoms with Gasteiger partial charge in [0.1, 0.15) is 6.54 Å². The number of carboxylic acids is 1. The van der Waals surface area contributed by atoms with E-state index in [0.29, 0.717) is 4.88 Å². The Hall–Kier alpha value is -1.89. The van der Waals surface area contributed by atoms with Gasteiger partial charge in [0.15, 0.2) is 0 Å². The van der Waals surface area contributed by atoms with Crippen molar-refractivity contribution < 1.29 is 19.5 Å². The molecule has 0 saturated carbocycles. The third-order valence-electron chi connectivity index (χ3n) is 2.25. The van der Waals surface area contributed by atoms with Gasteiger partial charge in [-0.2, -0.15) is 0 Å². The molecular weight excluding hydrogens is 256 g/mol. The fraction of sp³-hybridized carbons (Fsp3) is 0.364. The summed E-state index contributed by atoms with van der Waals surface area (Å²) in [7, 11) is 2.90. The normalized spacial score (nSPS) is 9.89. The van der Waals surface area contributed by atoms with Crippen LogP contribution < -0.4 is 0 Å². The maximum Gasteiger partial charge on any atom is 0.323 e. The summed E-state index contributed by atoms with van der Waals surface area (Å²) in [6.45, 7) is -0.514. The van der Waals surface area contributed by atoms with Gasteiger partial charge in [-0.25, -0.2) is 0 Å². The molecule has 0 saturated heterocycles. The number of carbonyl (C=O) groups excluding carboxylic acids is 2. The van der Waals surface area contributed by atoms with Gasteiger partial charge in [0.05, 0.1) is 11.4 Å². The summed E-state index contributed by atoms with van der Waals surface area (Å²) in [6, 6.07) is 3.43. The standard InChI is InChI=1S/C11H14N2O4S/c1-12(7-10(15)16)9(14)6-13(2)11(17)8-4-3-5-18-8/h3-5H,6-7H2,1-2H3,(H,15,16). The second-order valence-electron chi connectivity index (χ2n) is 3.78. The van der Waals surface area contributed by atoms with Crippen molar-refractivity contribution in [2.75, 3.05) is 27.2 Å². The molecule has 7 heteroatoms. The van der Waals surface area contributed by atoms with E-state index in [0.717, 1.165) is 4.90 Å². The largest absolute Gasteiger partial charge is 0.480 e. The highest BCUT2D eigenvalue weighted by molar-refractivity contribution is 7.12. The second-order valence-corrected chi connectivity index (χ2v) is 4.73. The number of rotatable bonds is 5. The van der Waals surface area contributed by atoms with E-state index >= 15 is 0 Å². The zero-order valence-electron chi connectivity index (χ0n) is 10.1. The lowest BCUT2D eigenvalue weighted by atomic mass is 10.4. The number of aliphatic carboxylic acids is 1. The summed E-state index contributed by atoms with van der Waals surface area (Å²) < 4.78 is 0. The maximum absolute atomic E-state index is 11.8. The van der Waals surface area contributed by atoms with Gasteiger partial charge in [-0.15, -0.1) is 11.3 Å². The lowest BCUT2D eigenvalue weighted by Crippen LogP contribution is -2.41. The number of likely N-dealkylation sites (N-methyl/N-ethyl adjacent to an activating group) is 2. The Morgan fingerprint density at radius 1 is 1.22 bits per heavy atom. The van der Waals surface area contributed by atoms with Crippen LogP contribution in [0.5, 0.6) is 0 Å². The van der Waals surface area contributed by atoms with Crippen LogP contribution in [-0.4, -0.2) is 59.9 Å². The zero-order valence-corrected chi connectivity index (χ0v) is 10.9. The van der Waals surface area contributed by atoms with Crippen LogP contribution in [-0.2, 0) is 9.59 Å². The van der Waals surface area contributed by atoms with Crippen LogP contribution in [0.4, 0.5) is 0 Å². The van der Waals surface area contributed by atoms with Gasteiger partial charge in [-0.1, -0.05) is 6.07 Å². The predicted octanol–water partition coefficient (Wildman–Crippen LogP) is 0.363. The first kappa shape index (κ1) is 14.2. The number of hydrogen-bond acceptors (Lipinski definition) is 4. The number of carbonyl (C=O) groups is 3. The second kappa shape index (κ2) is 6.15. The van der Waals surface area contributed by atoms with E-state index in [1.54, 1.807) is 17.5 Å². The van der Waals surface area contributed by atoms with E-state index in [1.165, 1.54) is 30.3 Å². The highest BCUT2D eigenvalue weighted by Crippen LogP contribution is 2.10. The van der Waals surface area contributed by atoms with Gasteiger partial charge < -0.3 is 14.9 Å². The van der Waals surface area contributed by atoms with Crippen molar-refractivity contribution in [1.29, 1.82) is 0 Å². The van der Waals surface area contributed by atoms with Gasteiger partial charge in [-0.3, -0.25) is 14.4 Å². The topological polar surface area (TPSA) is 77.9 Å². The van der Waals surface area contributed by atoms with Crippen LogP contribution in [0.1, 0.15) is 9.67 Å². The Labute approximate surface area is 108 Å². The monoisotopic (exact) mass is 270 g/mol. The Morgan fingerprint density at radius 3 is 2.39 bits per heavy atom. The lowest BCUT2D eigenvalue weighted by Gasteiger charge is -2.20. The van der Waals surface area contributed by atoms with Crippen LogP contribution in [0.15, 0.2) is 17.5 Å². The van der Waals surface area contributed by atoms with Crippen molar-refractivity contribution in [2.24, 2.45) is 0 Å². The summed E-state index contributed by atoms with van der Waals surface area (Å²) in [5, 5.41) is 10.3. The first-order valence-electron chi connectivity index (χ1n) is 5.16. The van der Waals surface area contributed by atoms with Crippen molar-refractivity contribution in [3.8, 4) is 0 Å². The molecule has 2 amide bonds. The zero-order chi connectivity index (χ0) is 13.7. The van der Waals surface area contributed by atoms with Gasteiger partial charge >= 0.3 is 5.97 Å². The maximum atomic E-state index is 11.8. The fourth-order valence-electron chi connectivity index (χ4n) is 1.27. The molecule has 1 heterocycles. The molecule has 1 rings (SSSR count). The Balaban J connectivity index is 2.54. The molecular formula is C11H14N2O4S. The third-order valence-corrected chi connectivity index (χ3v) is 3.11. The number of amides is 2. The minimum absolute atomic E-state index is 0.138. The van der Waals surface area contributed by atoms with E-state index in [1.807, 2.05) is 0 Å². The number of hydrogen-bond donors (Lipinski definition) is 1. The summed E-state index contributed by atoms with van der Waals surface area (Å²) in [4.78, 5) is 36.8. The minimum atomic E-state index is -1.09. The molecule has 18 heavy (non-hydrogen) atoms. The van der Waals surface area contributed by atoms with Gasteiger partial charge in [-0.05, 0) is 11.4 Å². The van der Waals surface area contributed by atoms with Crippen molar-refractivity contribution in [3.63, 3.8) is 0 Å². The number of nitrogens with zero attached hydrogens (tertiary/aromatic N) is 2. The van der Waals surface area contributed by atoms with Crippen molar-refractivity contribution >= 4 is 29.1 Å². The summed E-state index contributed by atoms with van der Waals surface area (Å²) in [6.07, 6.45) is 0. The molecule has 1 aromatic rings. The highest BCUT2D eigenvalue weighted by Gasteiger charge is 2.18. The van der Waals surface area contributed by atoms with E-state index in [-0.39, 0.29) is 19.0 Å². The molecule has 6 nitrogen and oxygen atoms in total. The van der Waals surface area contributed by atoms with Gasteiger partial charge in [0.2, 0.25) is 5.91 Å². The summed E-state index contributed by atoms with van der Waals surface area (Å²) in [5.74, 6) is -1.75. The molecule has 0 bridgehead atoms. The minimum Gasteiger partial charge on any atom is -0.480 e.